The second-order valence-corrected chi connectivity index (χ2v) is 4.02. The smallest absolute Gasteiger partial charge is 0.322 e. The highest BCUT2D eigenvalue weighted by Crippen LogP contribution is 2.19. The number of nitrogen functional groups attached to an aromatic ring is 1. The van der Waals surface area contributed by atoms with Crippen molar-refractivity contribution >= 4 is 5.95 Å². The third-order valence-electron chi connectivity index (χ3n) is 2.70. The van der Waals surface area contributed by atoms with Gasteiger partial charge in [-0.2, -0.15) is 20.1 Å². The minimum atomic E-state index is 0.0867. The summed E-state index contributed by atoms with van der Waals surface area (Å²) in [5.74, 6) is 0.403. The van der Waals surface area contributed by atoms with Crippen LogP contribution in [0.1, 0.15) is 0 Å². The Balaban J connectivity index is 2.00. The topological polar surface area (TPSA) is 91.7 Å². The van der Waals surface area contributed by atoms with Crippen molar-refractivity contribution in [1.82, 2.24) is 24.7 Å². The zero-order valence-electron chi connectivity index (χ0n) is 10.8. The Labute approximate surface area is 115 Å². The molecule has 0 bridgehead atoms. The lowest BCUT2D eigenvalue weighted by atomic mass is 10.1. The number of nitrogens with two attached hydrogens (primary N) is 1. The molecular weight excluding hydrogens is 256 g/mol. The summed E-state index contributed by atoms with van der Waals surface area (Å²) in [5, 5.41) is 4.23. The first-order valence-electron chi connectivity index (χ1n) is 5.92. The number of anilines is 1. The number of hydrogen-bond acceptors (Lipinski definition) is 6. The third kappa shape index (κ3) is 2.28. The van der Waals surface area contributed by atoms with Crippen LogP contribution in [0.5, 0.6) is 6.01 Å². The average molecular weight is 268 g/mol. The fourth-order valence-electron chi connectivity index (χ4n) is 1.77. The third-order valence-corrected chi connectivity index (χ3v) is 2.70. The van der Waals surface area contributed by atoms with Crippen molar-refractivity contribution in [2.45, 2.75) is 0 Å². The molecule has 0 aliphatic carbocycles. The number of aromatic nitrogens is 5. The Morgan fingerprint density at radius 1 is 1.05 bits per heavy atom. The number of hydrogen-bond donors (Lipinski definition) is 1. The summed E-state index contributed by atoms with van der Waals surface area (Å²) in [5.41, 5.74) is 7.63. The normalized spacial score (nSPS) is 10.4. The summed E-state index contributed by atoms with van der Waals surface area (Å²) in [6, 6.07) is 10.1. The van der Waals surface area contributed by atoms with Gasteiger partial charge in [-0.15, -0.1) is 0 Å². The molecule has 0 atom stereocenters. The Morgan fingerprint density at radius 2 is 1.85 bits per heavy atom. The predicted octanol–water partition coefficient (Wildman–Crippen LogP) is 1.32. The molecule has 0 aliphatic rings. The zero-order valence-corrected chi connectivity index (χ0v) is 10.8. The maximum Gasteiger partial charge on any atom is 0.322 e. The lowest BCUT2D eigenvalue weighted by Crippen LogP contribution is -2.07. The quantitative estimate of drug-likeness (QED) is 0.770. The fourth-order valence-corrected chi connectivity index (χ4v) is 1.77. The average Bonchev–Trinajstić information content (AvgIpc) is 2.97. The molecule has 2 N–H and O–H groups in total. The van der Waals surface area contributed by atoms with Gasteiger partial charge < -0.3 is 10.5 Å². The number of nitrogens with zero attached hydrogens (tertiary/aromatic N) is 5. The molecule has 7 nitrogen and oxygen atoms in total. The molecule has 20 heavy (non-hydrogen) atoms. The van der Waals surface area contributed by atoms with Crippen LogP contribution in [0.4, 0.5) is 5.95 Å². The Kier molecular flexibility index (Phi) is 3.00. The monoisotopic (exact) mass is 268 g/mol. The Morgan fingerprint density at radius 3 is 2.60 bits per heavy atom. The van der Waals surface area contributed by atoms with E-state index in [1.54, 1.807) is 6.20 Å². The fraction of sp³-hybridized carbons (Fsp3) is 0.0769. The van der Waals surface area contributed by atoms with E-state index in [-0.39, 0.29) is 12.0 Å². The SMILES string of the molecule is COc1nc(N)nc(-n2cc(-c3ccccc3)cn2)n1. The van der Waals surface area contributed by atoms with Crippen LogP contribution >= 0.6 is 0 Å². The van der Waals surface area contributed by atoms with Gasteiger partial charge in [0.25, 0.3) is 5.95 Å². The van der Waals surface area contributed by atoms with Gasteiger partial charge in [-0.05, 0) is 5.56 Å². The predicted molar refractivity (Wildman–Crippen MR) is 73.3 cm³/mol. The van der Waals surface area contributed by atoms with E-state index < -0.39 is 0 Å². The lowest BCUT2D eigenvalue weighted by Gasteiger charge is -2.02. The molecule has 0 aliphatic heterocycles. The molecule has 0 amide bonds. The molecule has 0 saturated heterocycles. The molecule has 2 aromatic heterocycles. The van der Waals surface area contributed by atoms with E-state index >= 15 is 0 Å². The highest BCUT2D eigenvalue weighted by Gasteiger charge is 2.09. The first-order valence-corrected chi connectivity index (χ1v) is 5.92. The standard InChI is InChI=1S/C13H12N6O/c1-20-13-17-11(14)16-12(18-13)19-8-10(7-15-19)9-5-3-2-4-6-9/h2-8H,1H3,(H2,14,16,17,18). The van der Waals surface area contributed by atoms with Crippen LogP contribution in [0.25, 0.3) is 17.1 Å². The largest absolute Gasteiger partial charge is 0.467 e. The van der Waals surface area contributed by atoms with Gasteiger partial charge >= 0.3 is 6.01 Å². The van der Waals surface area contributed by atoms with Crippen molar-refractivity contribution in [3.63, 3.8) is 0 Å². The van der Waals surface area contributed by atoms with E-state index in [4.69, 9.17) is 10.5 Å². The zero-order chi connectivity index (χ0) is 13.9. The summed E-state index contributed by atoms with van der Waals surface area (Å²) in [6.45, 7) is 0. The molecule has 0 fully saturated rings. The number of benzene rings is 1. The van der Waals surface area contributed by atoms with Crippen molar-refractivity contribution in [1.29, 1.82) is 0 Å². The second-order valence-electron chi connectivity index (χ2n) is 4.02. The van der Waals surface area contributed by atoms with E-state index in [0.717, 1.165) is 11.1 Å². The van der Waals surface area contributed by atoms with Crippen LogP contribution in [0, 0.1) is 0 Å². The summed E-state index contributed by atoms with van der Waals surface area (Å²) in [4.78, 5) is 12.0. The van der Waals surface area contributed by atoms with E-state index in [1.165, 1.54) is 11.8 Å². The maximum absolute atomic E-state index is 5.61. The van der Waals surface area contributed by atoms with Gasteiger partial charge in [-0.25, -0.2) is 4.68 Å². The second kappa shape index (κ2) is 4.96. The van der Waals surface area contributed by atoms with Crippen LogP contribution in [0.15, 0.2) is 42.7 Å². The van der Waals surface area contributed by atoms with Crippen LogP contribution in [-0.2, 0) is 0 Å². The van der Waals surface area contributed by atoms with Gasteiger partial charge in [-0.3, -0.25) is 0 Å². The highest BCUT2D eigenvalue weighted by atomic mass is 16.5. The molecule has 0 saturated carbocycles. The van der Waals surface area contributed by atoms with Crippen LogP contribution < -0.4 is 10.5 Å². The first kappa shape index (κ1) is 12.1. The highest BCUT2D eigenvalue weighted by molar-refractivity contribution is 5.61. The molecule has 0 spiro atoms. The summed E-state index contributed by atoms with van der Waals surface area (Å²) < 4.78 is 6.50. The van der Waals surface area contributed by atoms with Crippen molar-refractivity contribution in [3.05, 3.63) is 42.7 Å². The van der Waals surface area contributed by atoms with Crippen LogP contribution in [0.3, 0.4) is 0 Å². The van der Waals surface area contributed by atoms with Gasteiger partial charge in [0.15, 0.2) is 0 Å². The molecule has 1 aromatic carbocycles. The summed E-state index contributed by atoms with van der Waals surface area (Å²) in [7, 11) is 1.47. The van der Waals surface area contributed by atoms with Gasteiger partial charge in [0.1, 0.15) is 0 Å². The van der Waals surface area contributed by atoms with Crippen LogP contribution in [-0.4, -0.2) is 31.8 Å². The number of ether oxygens (including phenoxy) is 1. The van der Waals surface area contributed by atoms with Crippen molar-refractivity contribution in [2.75, 3.05) is 12.8 Å². The van der Waals surface area contributed by atoms with Crippen molar-refractivity contribution in [3.8, 4) is 23.1 Å². The van der Waals surface area contributed by atoms with Crippen molar-refractivity contribution in [2.24, 2.45) is 0 Å². The van der Waals surface area contributed by atoms with E-state index in [0.29, 0.717) is 5.95 Å². The first-order chi connectivity index (χ1) is 9.76. The molecule has 3 rings (SSSR count). The minimum Gasteiger partial charge on any atom is -0.467 e. The summed E-state index contributed by atoms with van der Waals surface area (Å²) >= 11 is 0. The number of methoxy groups -OCH3 is 1. The van der Waals surface area contributed by atoms with E-state index in [9.17, 15) is 0 Å². The molecule has 0 radical (unpaired) electrons. The van der Waals surface area contributed by atoms with Gasteiger partial charge in [0.2, 0.25) is 5.95 Å². The van der Waals surface area contributed by atoms with Gasteiger partial charge in [-0.1, -0.05) is 30.3 Å². The number of rotatable bonds is 3. The minimum absolute atomic E-state index is 0.0867. The molecular formula is C13H12N6O. The molecule has 3 aromatic rings. The van der Waals surface area contributed by atoms with Gasteiger partial charge in [0, 0.05) is 11.8 Å². The molecule has 2 heterocycles. The Bertz CT molecular complexity index is 725. The summed E-state index contributed by atoms with van der Waals surface area (Å²) in [6.07, 6.45) is 3.56. The molecule has 0 unspecified atom stereocenters. The lowest BCUT2D eigenvalue weighted by molar-refractivity contribution is 0.377. The molecule has 7 heteroatoms. The van der Waals surface area contributed by atoms with E-state index in [2.05, 4.69) is 20.1 Å². The molecule has 100 valence electrons. The van der Waals surface area contributed by atoms with Crippen LogP contribution in [0.2, 0.25) is 0 Å². The van der Waals surface area contributed by atoms with Gasteiger partial charge in [0.05, 0.1) is 13.3 Å². The maximum atomic E-state index is 5.61. The van der Waals surface area contributed by atoms with E-state index in [1.807, 2.05) is 36.5 Å². The van der Waals surface area contributed by atoms with Crippen molar-refractivity contribution < 1.29 is 4.74 Å². The Hall–Kier alpha value is -2.96.